The molecule has 3 nitrogen and oxygen atoms in total. The highest BCUT2D eigenvalue weighted by molar-refractivity contribution is 6.30. The second-order valence-electron chi connectivity index (χ2n) is 5.28. The third kappa shape index (κ3) is 4.52. The number of rotatable bonds is 5. The predicted molar refractivity (Wildman–Crippen MR) is 98.7 cm³/mol. The first-order valence-electron chi connectivity index (χ1n) is 7.57. The van der Waals surface area contributed by atoms with Crippen molar-refractivity contribution < 1.29 is 9.18 Å². The van der Waals surface area contributed by atoms with Crippen LogP contribution in [0.15, 0.2) is 72.9 Å². The molecule has 0 bridgehead atoms. The van der Waals surface area contributed by atoms with E-state index in [0.717, 1.165) is 5.56 Å². The lowest BCUT2D eigenvalue weighted by molar-refractivity contribution is 0.104. The number of ketones is 1. The van der Waals surface area contributed by atoms with Gasteiger partial charge in [0.25, 0.3) is 0 Å². The molecule has 0 spiro atoms. The van der Waals surface area contributed by atoms with Gasteiger partial charge in [0.2, 0.25) is 0 Å². The second kappa shape index (κ2) is 7.73. The molecule has 3 rings (SSSR count). The van der Waals surface area contributed by atoms with Crippen molar-refractivity contribution in [2.24, 2.45) is 0 Å². The number of carbonyl (C=O) groups is 1. The molecule has 1 aromatic heterocycles. The number of anilines is 2. The van der Waals surface area contributed by atoms with Crippen molar-refractivity contribution in [1.82, 2.24) is 4.98 Å². The molecular weight excluding hydrogens is 339 g/mol. The minimum atomic E-state index is -0.305. The van der Waals surface area contributed by atoms with Gasteiger partial charge >= 0.3 is 0 Å². The van der Waals surface area contributed by atoms with Crippen LogP contribution in [0.1, 0.15) is 15.9 Å². The molecule has 25 heavy (non-hydrogen) atoms. The minimum Gasteiger partial charge on any atom is -0.340 e. The zero-order valence-corrected chi connectivity index (χ0v) is 13.9. The lowest BCUT2D eigenvalue weighted by Crippen LogP contribution is -1.97. The quantitative estimate of drug-likeness (QED) is 0.486. The van der Waals surface area contributed by atoms with Gasteiger partial charge in [0, 0.05) is 28.0 Å². The zero-order valence-electron chi connectivity index (χ0n) is 13.1. The molecule has 2 aromatic carbocycles. The third-order valence-electron chi connectivity index (χ3n) is 3.49. The molecule has 0 aliphatic rings. The number of benzene rings is 2. The van der Waals surface area contributed by atoms with E-state index in [1.54, 1.807) is 54.7 Å². The Morgan fingerprint density at radius 1 is 1.04 bits per heavy atom. The highest BCUT2D eigenvalue weighted by Crippen LogP contribution is 2.20. The summed E-state index contributed by atoms with van der Waals surface area (Å²) < 4.78 is 13.0. The van der Waals surface area contributed by atoms with Gasteiger partial charge in [-0.05, 0) is 72.8 Å². The van der Waals surface area contributed by atoms with E-state index < -0.39 is 0 Å². The Morgan fingerprint density at radius 2 is 1.76 bits per heavy atom. The largest absolute Gasteiger partial charge is 0.340 e. The molecule has 1 heterocycles. The smallest absolute Gasteiger partial charge is 0.185 e. The first-order valence-corrected chi connectivity index (χ1v) is 7.95. The van der Waals surface area contributed by atoms with Crippen LogP contribution in [-0.4, -0.2) is 10.8 Å². The molecule has 5 heteroatoms. The Balaban J connectivity index is 1.79. The van der Waals surface area contributed by atoms with Crippen molar-refractivity contribution in [3.63, 3.8) is 0 Å². The molecule has 0 atom stereocenters. The molecule has 3 aromatic rings. The van der Waals surface area contributed by atoms with Gasteiger partial charge in [0.1, 0.15) is 11.6 Å². The summed E-state index contributed by atoms with van der Waals surface area (Å²) >= 11 is 5.83. The highest BCUT2D eigenvalue weighted by Gasteiger charge is 2.04. The molecular formula is C20H14ClFN2O. The second-order valence-corrected chi connectivity index (χ2v) is 5.71. The van der Waals surface area contributed by atoms with E-state index in [4.69, 9.17) is 11.6 Å². The number of hydrogen-bond acceptors (Lipinski definition) is 3. The van der Waals surface area contributed by atoms with Crippen molar-refractivity contribution in [2.45, 2.75) is 0 Å². The van der Waals surface area contributed by atoms with Crippen LogP contribution in [0.4, 0.5) is 15.9 Å². The van der Waals surface area contributed by atoms with Crippen LogP contribution in [0.5, 0.6) is 0 Å². The van der Waals surface area contributed by atoms with Gasteiger partial charge in [-0.15, -0.1) is 0 Å². The van der Waals surface area contributed by atoms with Crippen LogP contribution in [0.2, 0.25) is 5.02 Å². The van der Waals surface area contributed by atoms with E-state index in [1.807, 2.05) is 6.07 Å². The van der Waals surface area contributed by atoms with Crippen molar-refractivity contribution in [3.05, 3.63) is 94.9 Å². The van der Waals surface area contributed by atoms with Crippen molar-refractivity contribution in [2.75, 3.05) is 5.32 Å². The third-order valence-corrected chi connectivity index (χ3v) is 3.74. The van der Waals surface area contributed by atoms with Gasteiger partial charge in [-0.2, -0.15) is 0 Å². The molecule has 0 aliphatic heterocycles. The average Bonchev–Trinajstić information content (AvgIpc) is 2.63. The summed E-state index contributed by atoms with van der Waals surface area (Å²) in [4.78, 5) is 16.5. The molecule has 0 unspecified atom stereocenters. The van der Waals surface area contributed by atoms with Crippen molar-refractivity contribution >= 4 is 35.0 Å². The van der Waals surface area contributed by atoms with E-state index in [1.165, 1.54) is 18.2 Å². The summed E-state index contributed by atoms with van der Waals surface area (Å²) in [7, 11) is 0. The Bertz CT molecular complexity index is 906. The molecule has 0 radical (unpaired) electrons. The molecule has 0 fully saturated rings. The fraction of sp³-hybridized carbons (Fsp3) is 0. The van der Waals surface area contributed by atoms with Crippen LogP contribution in [-0.2, 0) is 0 Å². The van der Waals surface area contributed by atoms with Crippen LogP contribution in [0.3, 0.4) is 0 Å². The van der Waals surface area contributed by atoms with Gasteiger partial charge in [-0.25, -0.2) is 9.37 Å². The van der Waals surface area contributed by atoms with Crippen LogP contribution >= 0.6 is 11.6 Å². The van der Waals surface area contributed by atoms with E-state index in [-0.39, 0.29) is 11.6 Å². The maximum atomic E-state index is 13.0. The number of nitrogens with zero attached hydrogens (tertiary/aromatic N) is 1. The van der Waals surface area contributed by atoms with Crippen LogP contribution < -0.4 is 5.32 Å². The molecule has 0 amide bonds. The summed E-state index contributed by atoms with van der Waals surface area (Å²) in [6.45, 7) is 0. The Morgan fingerprint density at radius 3 is 2.48 bits per heavy atom. The maximum Gasteiger partial charge on any atom is 0.185 e. The number of halogens is 2. The minimum absolute atomic E-state index is 0.131. The summed E-state index contributed by atoms with van der Waals surface area (Å²) in [5.41, 5.74) is 2.01. The normalized spacial score (nSPS) is 10.8. The van der Waals surface area contributed by atoms with Gasteiger partial charge in [-0.1, -0.05) is 11.6 Å². The lowest BCUT2D eigenvalue weighted by atomic mass is 10.1. The number of pyridine rings is 1. The maximum absolute atomic E-state index is 13.0. The number of allylic oxidation sites excluding steroid dienone is 1. The highest BCUT2D eigenvalue weighted by atomic mass is 35.5. The number of hydrogen-bond donors (Lipinski definition) is 1. The fourth-order valence-corrected chi connectivity index (χ4v) is 2.33. The molecule has 1 N–H and O–H groups in total. The number of nitrogens with one attached hydrogen (secondary N) is 1. The molecule has 124 valence electrons. The van der Waals surface area contributed by atoms with E-state index in [9.17, 15) is 9.18 Å². The summed E-state index contributed by atoms with van der Waals surface area (Å²) in [6, 6.07) is 16.3. The molecule has 0 saturated heterocycles. The first kappa shape index (κ1) is 16.9. The SMILES string of the molecule is O=C(/C=C/c1cccnc1Nc1ccc(F)cc1)c1ccc(Cl)cc1. The van der Waals surface area contributed by atoms with Crippen molar-refractivity contribution in [1.29, 1.82) is 0 Å². The van der Waals surface area contributed by atoms with Crippen molar-refractivity contribution in [3.8, 4) is 0 Å². The van der Waals surface area contributed by atoms with Gasteiger partial charge in [-0.3, -0.25) is 4.79 Å². The topological polar surface area (TPSA) is 42.0 Å². The number of aromatic nitrogens is 1. The van der Waals surface area contributed by atoms with Gasteiger partial charge in [0.05, 0.1) is 0 Å². The first-order chi connectivity index (χ1) is 12.1. The standard InChI is InChI=1S/C20H14ClFN2O/c21-16-6-3-14(4-7-16)19(25)12-5-15-2-1-13-23-20(15)24-18-10-8-17(22)9-11-18/h1-13H,(H,23,24)/b12-5+. The molecule has 0 saturated carbocycles. The Labute approximate surface area is 149 Å². The lowest BCUT2D eigenvalue weighted by Gasteiger charge is -2.08. The van der Waals surface area contributed by atoms with Crippen LogP contribution in [0.25, 0.3) is 6.08 Å². The van der Waals surface area contributed by atoms with Gasteiger partial charge in [0.15, 0.2) is 5.78 Å². The summed E-state index contributed by atoms with van der Waals surface area (Å²) in [5, 5.41) is 3.69. The Hall–Kier alpha value is -2.98. The van der Waals surface area contributed by atoms with E-state index in [2.05, 4.69) is 10.3 Å². The molecule has 0 aliphatic carbocycles. The number of carbonyl (C=O) groups excluding carboxylic acids is 1. The fourth-order valence-electron chi connectivity index (χ4n) is 2.20. The van der Waals surface area contributed by atoms with E-state index in [0.29, 0.717) is 22.1 Å². The van der Waals surface area contributed by atoms with E-state index >= 15 is 0 Å². The average molecular weight is 353 g/mol. The summed E-state index contributed by atoms with van der Waals surface area (Å²) in [6.07, 6.45) is 4.82. The predicted octanol–water partition coefficient (Wildman–Crippen LogP) is 5.51. The zero-order chi connectivity index (χ0) is 17.6. The van der Waals surface area contributed by atoms with Crippen LogP contribution in [0, 0.1) is 5.82 Å². The Kier molecular flexibility index (Phi) is 5.21. The van der Waals surface area contributed by atoms with Gasteiger partial charge < -0.3 is 5.32 Å². The monoisotopic (exact) mass is 352 g/mol. The summed E-state index contributed by atoms with van der Waals surface area (Å²) in [5.74, 6) is 0.141.